The van der Waals surface area contributed by atoms with Crippen LogP contribution in [0.1, 0.15) is 24.5 Å². The van der Waals surface area contributed by atoms with Gasteiger partial charge in [-0.15, -0.1) is 0 Å². The van der Waals surface area contributed by atoms with Crippen molar-refractivity contribution in [2.45, 2.75) is 23.7 Å². The quantitative estimate of drug-likeness (QED) is 0.854. The highest BCUT2D eigenvalue weighted by Crippen LogP contribution is 2.41. The largest absolute Gasteiger partial charge is 0.360 e. The predicted molar refractivity (Wildman–Crippen MR) is 67.0 cm³/mol. The molecular weight excluding hydrogens is 250 g/mol. The molecule has 5 heteroatoms. The third kappa shape index (κ3) is 2.06. The minimum Gasteiger partial charge on any atom is -0.360 e. The van der Waals surface area contributed by atoms with Crippen molar-refractivity contribution in [2.24, 2.45) is 0 Å². The molecule has 3 rings (SSSR count). The molecule has 94 valence electrons. The van der Waals surface area contributed by atoms with Gasteiger partial charge in [-0.3, -0.25) is 0 Å². The Morgan fingerprint density at radius 3 is 2.67 bits per heavy atom. The first kappa shape index (κ1) is 11.5. The van der Waals surface area contributed by atoms with E-state index in [0.717, 1.165) is 18.6 Å². The van der Waals surface area contributed by atoms with Gasteiger partial charge < -0.3 is 4.52 Å². The Labute approximate surface area is 106 Å². The van der Waals surface area contributed by atoms with Gasteiger partial charge in [0.15, 0.2) is 9.84 Å². The number of sulfone groups is 1. The van der Waals surface area contributed by atoms with Crippen LogP contribution in [0, 0.1) is 0 Å². The maximum absolute atomic E-state index is 11.7. The molecule has 18 heavy (non-hydrogen) atoms. The fourth-order valence-corrected chi connectivity index (χ4v) is 2.88. The van der Waals surface area contributed by atoms with Crippen LogP contribution in [0.3, 0.4) is 0 Å². The normalized spacial score (nSPS) is 15.8. The van der Waals surface area contributed by atoms with Gasteiger partial charge in [0.05, 0.1) is 4.90 Å². The molecular formula is C13H13NO3S. The third-order valence-electron chi connectivity index (χ3n) is 3.07. The fraction of sp³-hybridized carbons (Fsp3) is 0.308. The van der Waals surface area contributed by atoms with Crippen LogP contribution >= 0.6 is 0 Å². The zero-order chi connectivity index (χ0) is 12.8. The number of hydrogen-bond donors (Lipinski definition) is 0. The van der Waals surface area contributed by atoms with E-state index in [1.165, 1.54) is 6.26 Å². The van der Waals surface area contributed by atoms with Crippen LogP contribution < -0.4 is 0 Å². The van der Waals surface area contributed by atoms with E-state index in [9.17, 15) is 8.42 Å². The molecule has 1 aliphatic carbocycles. The summed E-state index contributed by atoms with van der Waals surface area (Å²) in [6.45, 7) is 0. The lowest BCUT2D eigenvalue weighted by Crippen LogP contribution is -1.99. The van der Waals surface area contributed by atoms with Crippen molar-refractivity contribution in [3.8, 4) is 11.3 Å². The fourth-order valence-electron chi connectivity index (χ4n) is 1.98. The molecule has 1 fully saturated rings. The summed E-state index contributed by atoms with van der Waals surface area (Å²) in [5, 5.41) is 3.98. The summed E-state index contributed by atoms with van der Waals surface area (Å²) >= 11 is 0. The van der Waals surface area contributed by atoms with Crippen molar-refractivity contribution < 1.29 is 12.9 Å². The summed E-state index contributed by atoms with van der Waals surface area (Å²) in [6, 6.07) is 8.71. The second kappa shape index (κ2) is 3.95. The molecule has 0 bridgehead atoms. The average molecular weight is 263 g/mol. The molecule has 1 aliphatic rings. The molecule has 1 saturated carbocycles. The molecule has 1 aromatic heterocycles. The highest BCUT2D eigenvalue weighted by Gasteiger charge is 2.28. The van der Waals surface area contributed by atoms with Crippen LogP contribution in [0.25, 0.3) is 11.3 Å². The standard InChI is InChI=1S/C13H13NO3S/c1-18(15,16)13-5-3-2-4-10(13)11-8-12(17-14-11)9-6-7-9/h2-5,8-9H,6-7H2,1H3. The maximum atomic E-state index is 11.7. The van der Waals surface area contributed by atoms with Crippen LogP contribution in [0.2, 0.25) is 0 Å². The van der Waals surface area contributed by atoms with Gasteiger partial charge in [-0.25, -0.2) is 8.42 Å². The molecule has 1 aromatic carbocycles. The molecule has 0 unspecified atom stereocenters. The van der Waals surface area contributed by atoms with Gasteiger partial charge in [-0.1, -0.05) is 23.4 Å². The number of benzene rings is 1. The first-order valence-electron chi connectivity index (χ1n) is 5.82. The molecule has 0 amide bonds. The molecule has 0 saturated heterocycles. The monoisotopic (exact) mass is 263 g/mol. The molecule has 0 atom stereocenters. The van der Waals surface area contributed by atoms with Gasteiger partial charge in [0.25, 0.3) is 0 Å². The molecule has 0 spiro atoms. The Bertz CT molecular complexity index is 684. The summed E-state index contributed by atoms with van der Waals surface area (Å²) < 4.78 is 28.7. The third-order valence-corrected chi connectivity index (χ3v) is 4.23. The van der Waals surface area contributed by atoms with Crippen molar-refractivity contribution in [1.29, 1.82) is 0 Å². The molecule has 0 aliphatic heterocycles. The van der Waals surface area contributed by atoms with Crippen molar-refractivity contribution in [1.82, 2.24) is 5.16 Å². The topological polar surface area (TPSA) is 60.2 Å². The van der Waals surface area contributed by atoms with E-state index in [-0.39, 0.29) is 0 Å². The highest BCUT2D eigenvalue weighted by atomic mass is 32.2. The van der Waals surface area contributed by atoms with E-state index >= 15 is 0 Å². The summed E-state index contributed by atoms with van der Waals surface area (Å²) in [5.41, 5.74) is 1.20. The second-order valence-corrected chi connectivity index (χ2v) is 6.64. The first-order chi connectivity index (χ1) is 8.55. The van der Waals surface area contributed by atoms with Crippen molar-refractivity contribution in [2.75, 3.05) is 6.26 Å². The van der Waals surface area contributed by atoms with Gasteiger partial charge in [0, 0.05) is 23.8 Å². The van der Waals surface area contributed by atoms with Crippen LogP contribution in [0.4, 0.5) is 0 Å². The Morgan fingerprint density at radius 2 is 2.00 bits per heavy atom. The Morgan fingerprint density at radius 1 is 1.28 bits per heavy atom. The summed E-state index contributed by atoms with van der Waals surface area (Å²) in [7, 11) is -3.26. The van der Waals surface area contributed by atoms with Gasteiger partial charge in [0.1, 0.15) is 11.5 Å². The number of hydrogen-bond acceptors (Lipinski definition) is 4. The first-order valence-corrected chi connectivity index (χ1v) is 7.71. The SMILES string of the molecule is CS(=O)(=O)c1ccccc1-c1cc(C2CC2)on1. The lowest BCUT2D eigenvalue weighted by molar-refractivity contribution is 0.386. The molecule has 2 aromatic rings. The summed E-state index contributed by atoms with van der Waals surface area (Å²) in [6.07, 6.45) is 3.46. The van der Waals surface area contributed by atoms with Gasteiger partial charge in [-0.05, 0) is 18.9 Å². The van der Waals surface area contributed by atoms with Crippen LogP contribution in [-0.4, -0.2) is 19.8 Å². The average Bonchev–Trinajstić information content (AvgIpc) is 3.06. The van der Waals surface area contributed by atoms with Crippen molar-refractivity contribution in [3.05, 3.63) is 36.1 Å². The lowest BCUT2D eigenvalue weighted by Gasteiger charge is -2.03. The van der Waals surface area contributed by atoms with Gasteiger partial charge in [-0.2, -0.15) is 0 Å². The minimum absolute atomic E-state index is 0.292. The summed E-state index contributed by atoms with van der Waals surface area (Å²) in [5.74, 6) is 1.32. The van der Waals surface area contributed by atoms with E-state index in [1.54, 1.807) is 24.3 Å². The molecule has 0 radical (unpaired) electrons. The second-order valence-electron chi connectivity index (χ2n) is 4.66. The predicted octanol–water partition coefficient (Wildman–Crippen LogP) is 2.62. The zero-order valence-electron chi connectivity index (χ0n) is 9.96. The Balaban J connectivity index is 2.10. The Kier molecular flexibility index (Phi) is 2.52. The van der Waals surface area contributed by atoms with Crippen LogP contribution in [0.5, 0.6) is 0 Å². The minimum atomic E-state index is -3.26. The highest BCUT2D eigenvalue weighted by molar-refractivity contribution is 7.90. The van der Waals surface area contributed by atoms with Crippen LogP contribution in [-0.2, 0) is 9.84 Å². The van der Waals surface area contributed by atoms with Crippen molar-refractivity contribution >= 4 is 9.84 Å². The van der Waals surface area contributed by atoms with Gasteiger partial charge >= 0.3 is 0 Å². The summed E-state index contributed by atoms with van der Waals surface area (Å²) in [4.78, 5) is 0.292. The van der Waals surface area contributed by atoms with E-state index in [0.29, 0.717) is 22.1 Å². The van der Waals surface area contributed by atoms with E-state index in [2.05, 4.69) is 5.16 Å². The van der Waals surface area contributed by atoms with E-state index in [1.807, 2.05) is 6.07 Å². The molecule has 4 nitrogen and oxygen atoms in total. The Hall–Kier alpha value is -1.62. The van der Waals surface area contributed by atoms with Gasteiger partial charge in [0.2, 0.25) is 0 Å². The molecule has 1 heterocycles. The van der Waals surface area contributed by atoms with E-state index < -0.39 is 9.84 Å². The maximum Gasteiger partial charge on any atom is 0.176 e. The number of rotatable bonds is 3. The lowest BCUT2D eigenvalue weighted by atomic mass is 10.1. The van der Waals surface area contributed by atoms with Crippen LogP contribution in [0.15, 0.2) is 39.8 Å². The number of aromatic nitrogens is 1. The van der Waals surface area contributed by atoms with E-state index in [4.69, 9.17) is 4.52 Å². The number of nitrogens with zero attached hydrogens (tertiary/aromatic N) is 1. The zero-order valence-corrected chi connectivity index (χ0v) is 10.8. The smallest absolute Gasteiger partial charge is 0.176 e. The molecule has 0 N–H and O–H groups in total. The van der Waals surface area contributed by atoms with Crippen molar-refractivity contribution in [3.63, 3.8) is 0 Å².